The van der Waals surface area contributed by atoms with Crippen LogP contribution in [0.15, 0.2) is 0 Å². The first-order chi connectivity index (χ1) is 3.81. The molecule has 0 aromatic rings. The SMILES string of the molecule is CCO[N+](=O)OCC.[Ce]. The summed E-state index contributed by atoms with van der Waals surface area (Å²) in [5.41, 5.74) is 0. The molecule has 0 aromatic carbocycles. The normalized spacial score (nSPS) is 7.33. The van der Waals surface area contributed by atoms with E-state index in [-0.39, 0.29) is 46.8 Å². The molecule has 0 aliphatic carbocycles. The summed E-state index contributed by atoms with van der Waals surface area (Å²) in [6, 6.07) is 0. The molecule has 0 aromatic heterocycles. The minimum Gasteiger partial charge on any atom is -0.187 e. The molecule has 0 rings (SSSR count). The van der Waals surface area contributed by atoms with E-state index < -0.39 is 0 Å². The van der Waals surface area contributed by atoms with Crippen molar-refractivity contribution >= 4 is 0 Å². The average molecular weight is 260 g/mol. The second-order valence-corrected chi connectivity index (χ2v) is 1.06. The predicted molar refractivity (Wildman–Crippen MR) is 26.9 cm³/mol. The predicted octanol–water partition coefficient (Wildman–Crippen LogP) is 0.668. The van der Waals surface area contributed by atoms with Gasteiger partial charge < -0.3 is 0 Å². The quantitative estimate of drug-likeness (QED) is 0.697. The second-order valence-electron chi connectivity index (χ2n) is 1.06. The summed E-state index contributed by atoms with van der Waals surface area (Å²) in [6.45, 7) is 4.10. The molecule has 0 saturated heterocycles. The summed E-state index contributed by atoms with van der Waals surface area (Å²) in [7, 11) is 0. The molecule has 0 saturated carbocycles. The molecule has 52 valence electrons. The Balaban J connectivity index is 0. The molecule has 0 heterocycles. The first kappa shape index (κ1) is 12.3. The standard InChI is InChI=1S/C4H10NO3.Ce/c1-3-7-5(6)8-4-2;/h3-4H2,1-2H3;/q+1;. The van der Waals surface area contributed by atoms with Crippen molar-refractivity contribution < 1.29 is 56.5 Å². The summed E-state index contributed by atoms with van der Waals surface area (Å²) >= 11 is 0. The summed E-state index contributed by atoms with van der Waals surface area (Å²) in [4.78, 5) is 18.8. The Morgan fingerprint density at radius 1 is 1.22 bits per heavy atom. The third-order valence-corrected chi connectivity index (χ3v) is 0.469. The molecule has 4 nitrogen and oxygen atoms in total. The third kappa shape index (κ3) is 8.58. The van der Waals surface area contributed by atoms with Gasteiger partial charge in [0.2, 0.25) is 0 Å². The number of rotatable bonds is 4. The van der Waals surface area contributed by atoms with Gasteiger partial charge in [0.1, 0.15) is 4.91 Å². The van der Waals surface area contributed by atoms with Crippen molar-refractivity contribution in [2.75, 3.05) is 13.2 Å². The van der Waals surface area contributed by atoms with Crippen molar-refractivity contribution in [3.05, 3.63) is 4.91 Å². The Hall–Kier alpha value is 0.577. The van der Waals surface area contributed by atoms with Gasteiger partial charge in [-0.25, -0.2) is 0 Å². The number of hydrogen-bond acceptors (Lipinski definition) is 3. The molecule has 5 heteroatoms. The fourth-order valence-electron chi connectivity index (χ4n) is 0.248. The summed E-state index contributed by atoms with van der Waals surface area (Å²) in [6.07, 6.45) is 0. The first-order valence-corrected chi connectivity index (χ1v) is 2.54. The average Bonchev–Trinajstić information content (AvgIpc) is 1.68. The summed E-state index contributed by atoms with van der Waals surface area (Å²) < 4.78 is 0. The van der Waals surface area contributed by atoms with Gasteiger partial charge in [0.25, 0.3) is 0 Å². The number of hydrogen-bond donors (Lipinski definition) is 0. The van der Waals surface area contributed by atoms with Gasteiger partial charge in [-0.2, -0.15) is 9.68 Å². The molecule has 0 fully saturated rings. The minimum absolute atomic E-state index is 0. The Morgan fingerprint density at radius 3 is 1.78 bits per heavy atom. The second kappa shape index (κ2) is 8.58. The maximum absolute atomic E-state index is 10.1. The monoisotopic (exact) mass is 260 g/mol. The Kier molecular flexibility index (Phi) is 11.7. The Labute approximate surface area is 87.8 Å². The fourth-order valence-corrected chi connectivity index (χ4v) is 0.248. The van der Waals surface area contributed by atoms with Crippen LogP contribution in [0.2, 0.25) is 0 Å². The van der Waals surface area contributed by atoms with E-state index in [2.05, 4.69) is 9.68 Å². The van der Waals surface area contributed by atoms with Crippen molar-refractivity contribution in [3.8, 4) is 0 Å². The van der Waals surface area contributed by atoms with E-state index in [1.54, 1.807) is 13.8 Å². The smallest absolute Gasteiger partial charge is 0.187 e. The summed E-state index contributed by atoms with van der Waals surface area (Å²) in [5, 5.41) is 0.111. The van der Waals surface area contributed by atoms with E-state index in [9.17, 15) is 4.91 Å². The maximum Gasteiger partial charge on any atom is 0.477 e. The van der Waals surface area contributed by atoms with E-state index >= 15 is 0 Å². The number of nitrogens with zero attached hydrogens (tertiary/aromatic N) is 1. The van der Waals surface area contributed by atoms with Crippen LogP contribution in [0.25, 0.3) is 0 Å². The molecule has 0 unspecified atom stereocenters. The third-order valence-electron chi connectivity index (χ3n) is 0.469. The van der Waals surface area contributed by atoms with Crippen molar-refractivity contribution in [2.24, 2.45) is 0 Å². The first-order valence-electron chi connectivity index (χ1n) is 2.54. The molecule has 0 amide bonds. The van der Waals surface area contributed by atoms with Crippen molar-refractivity contribution in [3.63, 3.8) is 0 Å². The zero-order valence-electron chi connectivity index (χ0n) is 5.59. The van der Waals surface area contributed by atoms with Gasteiger partial charge in [0.05, 0.1) is 0 Å². The van der Waals surface area contributed by atoms with E-state index in [1.807, 2.05) is 0 Å². The van der Waals surface area contributed by atoms with E-state index in [0.717, 1.165) is 0 Å². The van der Waals surface area contributed by atoms with Crippen LogP contribution >= 0.6 is 0 Å². The van der Waals surface area contributed by atoms with Gasteiger partial charge in [-0.3, -0.25) is 0 Å². The van der Waals surface area contributed by atoms with Crippen molar-refractivity contribution in [1.82, 2.24) is 0 Å². The fraction of sp³-hybridized carbons (Fsp3) is 1.00. The van der Waals surface area contributed by atoms with Gasteiger partial charge in [0, 0.05) is 41.7 Å². The van der Waals surface area contributed by atoms with Crippen LogP contribution in [0.3, 0.4) is 0 Å². The molecule has 0 radical (unpaired) electrons. The molecular formula is C4H10CeNO3+. The van der Waals surface area contributed by atoms with Gasteiger partial charge >= 0.3 is 5.09 Å². The molecule has 0 bridgehead atoms. The zero-order chi connectivity index (χ0) is 6.41. The maximum atomic E-state index is 10.1. The molecule has 0 aliphatic heterocycles. The van der Waals surface area contributed by atoms with E-state index in [0.29, 0.717) is 13.2 Å². The van der Waals surface area contributed by atoms with Crippen LogP contribution < -0.4 is 0 Å². The van der Waals surface area contributed by atoms with Crippen LogP contribution in [0.4, 0.5) is 0 Å². The van der Waals surface area contributed by atoms with Crippen LogP contribution in [0.1, 0.15) is 13.8 Å². The van der Waals surface area contributed by atoms with Crippen molar-refractivity contribution in [1.29, 1.82) is 0 Å². The van der Waals surface area contributed by atoms with Crippen LogP contribution in [0, 0.1) is 46.7 Å². The van der Waals surface area contributed by atoms with Gasteiger partial charge in [0.15, 0.2) is 13.2 Å². The zero-order valence-corrected chi connectivity index (χ0v) is 8.73. The molecule has 9 heavy (non-hydrogen) atoms. The molecule has 0 aliphatic rings. The van der Waals surface area contributed by atoms with Crippen LogP contribution in [0.5, 0.6) is 0 Å². The summed E-state index contributed by atoms with van der Waals surface area (Å²) in [5.74, 6) is 0. The molecule has 0 spiro atoms. The molecule has 0 N–H and O–H groups in total. The van der Waals surface area contributed by atoms with E-state index in [1.165, 1.54) is 0 Å². The Morgan fingerprint density at radius 2 is 1.56 bits per heavy atom. The van der Waals surface area contributed by atoms with Gasteiger partial charge in [-0.15, -0.1) is 0 Å². The Bertz CT molecular complexity index is 70.2. The van der Waals surface area contributed by atoms with Crippen LogP contribution in [-0.2, 0) is 9.68 Å². The van der Waals surface area contributed by atoms with Crippen LogP contribution in [-0.4, -0.2) is 18.3 Å². The van der Waals surface area contributed by atoms with E-state index in [4.69, 9.17) is 0 Å². The largest absolute Gasteiger partial charge is 0.477 e. The van der Waals surface area contributed by atoms with Crippen molar-refractivity contribution in [2.45, 2.75) is 13.8 Å². The van der Waals surface area contributed by atoms with Gasteiger partial charge in [-0.05, 0) is 13.8 Å². The topological polar surface area (TPSA) is 38.5 Å². The minimum atomic E-state index is 0. The molecule has 0 atom stereocenters. The van der Waals surface area contributed by atoms with Gasteiger partial charge in [-0.1, -0.05) is 0 Å². The molecular weight excluding hydrogens is 250 g/mol.